The molecule has 2 rings (SSSR count). The highest BCUT2D eigenvalue weighted by Crippen LogP contribution is 2.29. The molecule has 2 heterocycles. The van der Waals surface area contributed by atoms with E-state index >= 15 is 0 Å². The maximum Gasteiger partial charge on any atom is 0.0762 e. The molecule has 0 amide bonds. The molecule has 0 aromatic carbocycles. The number of aliphatic hydroxyl groups is 1. The average Bonchev–Trinajstić information content (AvgIpc) is 2.84. The van der Waals surface area contributed by atoms with Gasteiger partial charge in [-0.2, -0.15) is 5.10 Å². The third-order valence-corrected chi connectivity index (χ3v) is 4.70. The number of nitrogens with zero attached hydrogens (tertiary/aromatic N) is 3. The zero-order valence-corrected chi connectivity index (χ0v) is 12.5. The number of hydrogen-bond donors (Lipinski definition) is 1. The van der Waals surface area contributed by atoms with Gasteiger partial charge in [-0.25, -0.2) is 0 Å². The van der Waals surface area contributed by atoms with Gasteiger partial charge in [0.1, 0.15) is 0 Å². The average molecular weight is 265 g/mol. The quantitative estimate of drug-likeness (QED) is 0.885. The Labute approximate surface area is 116 Å². The lowest BCUT2D eigenvalue weighted by Crippen LogP contribution is -2.56. The van der Waals surface area contributed by atoms with Gasteiger partial charge in [-0.1, -0.05) is 13.3 Å². The van der Waals surface area contributed by atoms with Crippen molar-refractivity contribution in [2.24, 2.45) is 7.05 Å². The largest absolute Gasteiger partial charge is 0.391 e. The Morgan fingerprint density at radius 2 is 2.05 bits per heavy atom. The number of rotatable bonds is 5. The smallest absolute Gasteiger partial charge is 0.0762 e. The van der Waals surface area contributed by atoms with Crippen molar-refractivity contribution in [3.63, 3.8) is 0 Å². The molecular formula is C15H27N3O. The fraction of sp³-hybridized carbons (Fsp3) is 0.800. The Morgan fingerprint density at radius 1 is 1.37 bits per heavy atom. The lowest BCUT2D eigenvalue weighted by molar-refractivity contribution is -0.0328. The summed E-state index contributed by atoms with van der Waals surface area (Å²) in [7, 11) is 1.92. The molecule has 19 heavy (non-hydrogen) atoms. The second-order valence-electron chi connectivity index (χ2n) is 6.00. The van der Waals surface area contributed by atoms with Crippen molar-refractivity contribution in [1.29, 1.82) is 0 Å². The Hall–Kier alpha value is -0.870. The van der Waals surface area contributed by atoms with E-state index in [2.05, 4.69) is 23.8 Å². The molecule has 0 aliphatic carbocycles. The van der Waals surface area contributed by atoms with Gasteiger partial charge in [0.2, 0.25) is 0 Å². The first-order valence-electron chi connectivity index (χ1n) is 7.47. The van der Waals surface area contributed by atoms with Crippen molar-refractivity contribution in [3.8, 4) is 0 Å². The SMILES string of the molecule is CCC(C)(C(O)Cc1cnn(C)c1)N1CCCCC1. The van der Waals surface area contributed by atoms with Gasteiger partial charge in [-0.15, -0.1) is 0 Å². The predicted molar refractivity (Wildman–Crippen MR) is 77.0 cm³/mol. The molecule has 1 fully saturated rings. The molecule has 1 aliphatic rings. The lowest BCUT2D eigenvalue weighted by atomic mass is 9.85. The number of piperidine rings is 1. The van der Waals surface area contributed by atoms with Crippen LogP contribution in [0, 0.1) is 0 Å². The van der Waals surface area contributed by atoms with Crippen molar-refractivity contribution >= 4 is 0 Å². The van der Waals surface area contributed by atoms with Crippen LogP contribution in [0.25, 0.3) is 0 Å². The fourth-order valence-electron chi connectivity index (χ4n) is 3.10. The van der Waals surface area contributed by atoms with E-state index in [1.165, 1.54) is 19.3 Å². The molecule has 1 aromatic heterocycles. The van der Waals surface area contributed by atoms with Crippen LogP contribution < -0.4 is 0 Å². The summed E-state index contributed by atoms with van der Waals surface area (Å²) in [5, 5.41) is 14.9. The summed E-state index contributed by atoms with van der Waals surface area (Å²) in [5.74, 6) is 0. The van der Waals surface area contributed by atoms with Gasteiger partial charge < -0.3 is 5.11 Å². The molecule has 2 unspecified atom stereocenters. The van der Waals surface area contributed by atoms with Crippen LogP contribution in [0.4, 0.5) is 0 Å². The molecule has 4 nitrogen and oxygen atoms in total. The highest BCUT2D eigenvalue weighted by molar-refractivity contribution is 5.08. The fourth-order valence-corrected chi connectivity index (χ4v) is 3.10. The van der Waals surface area contributed by atoms with Gasteiger partial charge in [-0.3, -0.25) is 9.58 Å². The van der Waals surface area contributed by atoms with Crippen LogP contribution in [-0.4, -0.2) is 44.5 Å². The summed E-state index contributed by atoms with van der Waals surface area (Å²) in [5.41, 5.74) is 1.00. The minimum absolute atomic E-state index is 0.115. The van der Waals surface area contributed by atoms with E-state index in [1.54, 1.807) is 4.68 Å². The molecule has 2 atom stereocenters. The number of aryl methyl sites for hydroxylation is 1. The van der Waals surface area contributed by atoms with E-state index in [1.807, 2.05) is 19.4 Å². The topological polar surface area (TPSA) is 41.3 Å². The van der Waals surface area contributed by atoms with Crippen LogP contribution in [0.3, 0.4) is 0 Å². The van der Waals surface area contributed by atoms with Crippen molar-refractivity contribution in [2.75, 3.05) is 13.1 Å². The third-order valence-electron chi connectivity index (χ3n) is 4.70. The molecule has 0 spiro atoms. The van der Waals surface area contributed by atoms with Crippen LogP contribution in [-0.2, 0) is 13.5 Å². The van der Waals surface area contributed by atoms with Gasteiger partial charge >= 0.3 is 0 Å². The van der Waals surface area contributed by atoms with Crippen molar-refractivity contribution in [2.45, 2.75) is 57.6 Å². The summed E-state index contributed by atoms with van der Waals surface area (Å²) in [6.45, 7) is 6.63. The summed E-state index contributed by atoms with van der Waals surface area (Å²) < 4.78 is 1.80. The highest BCUT2D eigenvalue weighted by atomic mass is 16.3. The molecule has 1 N–H and O–H groups in total. The Balaban J connectivity index is 2.06. The Bertz CT molecular complexity index is 398. The van der Waals surface area contributed by atoms with Crippen LogP contribution in [0.2, 0.25) is 0 Å². The third kappa shape index (κ3) is 3.18. The number of hydrogen-bond acceptors (Lipinski definition) is 3. The zero-order chi connectivity index (χ0) is 13.9. The lowest BCUT2D eigenvalue weighted by Gasteiger charge is -2.46. The van der Waals surface area contributed by atoms with Gasteiger partial charge in [0, 0.05) is 25.2 Å². The summed E-state index contributed by atoms with van der Waals surface area (Å²) in [4.78, 5) is 2.48. The van der Waals surface area contributed by atoms with Gasteiger partial charge in [0.25, 0.3) is 0 Å². The molecule has 1 aliphatic heterocycles. The first-order valence-corrected chi connectivity index (χ1v) is 7.47. The zero-order valence-electron chi connectivity index (χ0n) is 12.5. The van der Waals surface area contributed by atoms with Gasteiger partial charge in [0.05, 0.1) is 12.3 Å². The molecule has 1 aromatic rings. The monoisotopic (exact) mass is 265 g/mol. The predicted octanol–water partition coefficient (Wildman–Crippen LogP) is 1.98. The molecule has 108 valence electrons. The van der Waals surface area contributed by atoms with Crippen LogP contribution in [0.1, 0.15) is 45.1 Å². The molecule has 0 saturated carbocycles. The highest BCUT2D eigenvalue weighted by Gasteiger charge is 2.37. The summed E-state index contributed by atoms with van der Waals surface area (Å²) >= 11 is 0. The molecule has 4 heteroatoms. The number of likely N-dealkylation sites (tertiary alicyclic amines) is 1. The van der Waals surface area contributed by atoms with Crippen LogP contribution >= 0.6 is 0 Å². The first kappa shape index (κ1) is 14.5. The number of aromatic nitrogens is 2. The van der Waals surface area contributed by atoms with E-state index in [4.69, 9.17) is 0 Å². The number of aliphatic hydroxyl groups excluding tert-OH is 1. The molecule has 0 bridgehead atoms. The minimum Gasteiger partial charge on any atom is -0.391 e. The van der Waals surface area contributed by atoms with Gasteiger partial charge in [-0.05, 0) is 44.8 Å². The van der Waals surface area contributed by atoms with Crippen LogP contribution in [0.15, 0.2) is 12.4 Å². The molecule has 1 saturated heterocycles. The standard InChI is InChI=1S/C15H27N3O/c1-4-15(2,18-8-6-5-7-9-18)14(19)10-13-11-16-17(3)12-13/h11-12,14,19H,4-10H2,1-3H3. The minimum atomic E-state index is -0.334. The Morgan fingerprint density at radius 3 is 2.58 bits per heavy atom. The maximum atomic E-state index is 10.7. The van der Waals surface area contributed by atoms with Crippen molar-refractivity contribution in [3.05, 3.63) is 18.0 Å². The summed E-state index contributed by atoms with van der Waals surface area (Å²) in [6, 6.07) is 0. The van der Waals surface area contributed by atoms with Crippen molar-refractivity contribution < 1.29 is 5.11 Å². The van der Waals surface area contributed by atoms with Gasteiger partial charge in [0.15, 0.2) is 0 Å². The van der Waals surface area contributed by atoms with E-state index in [-0.39, 0.29) is 11.6 Å². The molecular weight excluding hydrogens is 238 g/mol. The second-order valence-corrected chi connectivity index (χ2v) is 6.00. The van der Waals surface area contributed by atoms with Crippen molar-refractivity contribution in [1.82, 2.24) is 14.7 Å². The van der Waals surface area contributed by atoms with Crippen LogP contribution in [0.5, 0.6) is 0 Å². The second kappa shape index (κ2) is 6.06. The Kier molecular flexibility index (Phi) is 4.63. The van der Waals surface area contributed by atoms with E-state index in [0.717, 1.165) is 25.1 Å². The normalized spacial score (nSPS) is 22.1. The maximum absolute atomic E-state index is 10.7. The van der Waals surface area contributed by atoms with E-state index in [0.29, 0.717) is 6.42 Å². The molecule has 0 radical (unpaired) electrons. The van der Waals surface area contributed by atoms with E-state index < -0.39 is 0 Å². The first-order chi connectivity index (χ1) is 9.06. The van der Waals surface area contributed by atoms with E-state index in [9.17, 15) is 5.11 Å². The summed E-state index contributed by atoms with van der Waals surface area (Å²) in [6.07, 6.45) is 9.04.